The number of aromatic nitrogens is 2. The van der Waals surface area contributed by atoms with Crippen LogP contribution in [-0.2, 0) is 11.2 Å². The summed E-state index contributed by atoms with van der Waals surface area (Å²) in [5, 5.41) is 15.8. The van der Waals surface area contributed by atoms with Gasteiger partial charge in [-0.15, -0.1) is 0 Å². The van der Waals surface area contributed by atoms with Crippen LogP contribution in [0, 0.1) is 5.82 Å². The summed E-state index contributed by atoms with van der Waals surface area (Å²) in [4.78, 5) is 11.4. The van der Waals surface area contributed by atoms with Gasteiger partial charge in [-0.1, -0.05) is 66.2 Å². The first-order valence-electron chi connectivity index (χ1n) is 12.7. The third kappa shape index (κ3) is 7.92. The van der Waals surface area contributed by atoms with E-state index < -0.39 is 12.1 Å². The molecule has 1 aromatic heterocycles. The van der Waals surface area contributed by atoms with E-state index in [9.17, 15) is 17.6 Å². The van der Waals surface area contributed by atoms with E-state index in [1.807, 2.05) is 36.4 Å². The minimum Gasteiger partial charge on any atom is -0.475 e. The van der Waals surface area contributed by atoms with Crippen molar-refractivity contribution in [2.75, 3.05) is 19.6 Å². The van der Waals surface area contributed by atoms with Crippen LogP contribution in [0.15, 0.2) is 84.9 Å². The van der Waals surface area contributed by atoms with Crippen molar-refractivity contribution in [1.29, 1.82) is 0 Å². The highest BCUT2D eigenvalue weighted by molar-refractivity contribution is 6.30. The Morgan fingerprint density at radius 2 is 1.65 bits per heavy atom. The van der Waals surface area contributed by atoms with E-state index in [1.165, 1.54) is 11.1 Å². The quantitative estimate of drug-likeness (QED) is 0.237. The van der Waals surface area contributed by atoms with Crippen LogP contribution in [0.25, 0.3) is 11.3 Å². The largest absolute Gasteiger partial charge is 0.490 e. The van der Waals surface area contributed by atoms with Crippen molar-refractivity contribution in [3.63, 3.8) is 0 Å². The fourth-order valence-electron chi connectivity index (χ4n) is 4.86. The number of hydrogen-bond acceptors (Lipinski definition) is 3. The molecule has 1 saturated heterocycles. The molecule has 4 aromatic rings. The SMILES string of the molecule is Fc1ccc([C@H]2CN(CCc3ccccc3)CC[C@@H]2c2cc(-c3ccc(Cl)cc3)[nH]n2)cc1.O=C(O)C(F)(F)F. The van der Waals surface area contributed by atoms with Crippen LogP contribution < -0.4 is 0 Å². The summed E-state index contributed by atoms with van der Waals surface area (Å²) in [6, 6.07) is 27.6. The molecule has 0 saturated carbocycles. The summed E-state index contributed by atoms with van der Waals surface area (Å²) >= 11 is 6.05. The molecule has 5 nitrogen and oxygen atoms in total. The predicted molar refractivity (Wildman–Crippen MR) is 146 cm³/mol. The first kappa shape index (κ1) is 29.3. The Morgan fingerprint density at radius 1 is 1.00 bits per heavy atom. The van der Waals surface area contributed by atoms with Gasteiger partial charge in [-0.3, -0.25) is 5.10 Å². The van der Waals surface area contributed by atoms with Crippen molar-refractivity contribution in [3.8, 4) is 11.3 Å². The van der Waals surface area contributed by atoms with Crippen molar-refractivity contribution in [3.05, 3.63) is 113 Å². The second-order valence-electron chi connectivity index (χ2n) is 9.61. The van der Waals surface area contributed by atoms with Gasteiger partial charge in [0.05, 0.1) is 11.4 Å². The van der Waals surface area contributed by atoms with Crippen molar-refractivity contribution in [2.45, 2.75) is 30.9 Å². The Balaban J connectivity index is 0.000000470. The van der Waals surface area contributed by atoms with Crippen molar-refractivity contribution in [1.82, 2.24) is 15.1 Å². The molecular formula is C30H28ClF4N3O2. The minimum absolute atomic E-state index is 0.197. The number of H-pyrrole nitrogens is 1. The summed E-state index contributed by atoms with van der Waals surface area (Å²) < 4.78 is 45.4. The van der Waals surface area contributed by atoms with Gasteiger partial charge >= 0.3 is 12.1 Å². The number of halogens is 5. The number of hydrogen-bond donors (Lipinski definition) is 2. The van der Waals surface area contributed by atoms with Gasteiger partial charge in [-0.05, 0) is 66.4 Å². The van der Waals surface area contributed by atoms with Crippen LogP contribution in [0.3, 0.4) is 0 Å². The zero-order valence-electron chi connectivity index (χ0n) is 21.4. The molecule has 0 spiro atoms. The highest BCUT2D eigenvalue weighted by Gasteiger charge is 2.38. The van der Waals surface area contributed by atoms with Crippen LogP contribution in [0.4, 0.5) is 17.6 Å². The average Bonchev–Trinajstić information content (AvgIpc) is 3.43. The van der Waals surface area contributed by atoms with Crippen LogP contribution in [0.2, 0.25) is 5.02 Å². The first-order chi connectivity index (χ1) is 19.1. The maximum Gasteiger partial charge on any atom is 0.490 e. The molecule has 0 bridgehead atoms. The van der Waals surface area contributed by atoms with E-state index in [0.29, 0.717) is 0 Å². The summed E-state index contributed by atoms with van der Waals surface area (Å²) in [5.41, 5.74) is 5.65. The molecule has 10 heteroatoms. The van der Waals surface area contributed by atoms with Gasteiger partial charge < -0.3 is 10.0 Å². The Kier molecular flexibility index (Phi) is 9.60. The van der Waals surface area contributed by atoms with Gasteiger partial charge in [-0.25, -0.2) is 9.18 Å². The maximum absolute atomic E-state index is 13.6. The molecule has 2 N–H and O–H groups in total. The molecule has 3 aromatic carbocycles. The topological polar surface area (TPSA) is 69.2 Å². The molecule has 1 aliphatic heterocycles. The van der Waals surface area contributed by atoms with E-state index in [1.54, 1.807) is 12.1 Å². The second kappa shape index (κ2) is 13.1. The van der Waals surface area contributed by atoms with Crippen LogP contribution >= 0.6 is 11.6 Å². The van der Waals surface area contributed by atoms with Gasteiger partial charge in [0.15, 0.2) is 0 Å². The average molecular weight is 574 g/mol. The number of carbonyl (C=O) groups is 1. The number of nitrogens with zero attached hydrogens (tertiary/aromatic N) is 2. The third-order valence-corrected chi connectivity index (χ3v) is 7.18. The van der Waals surface area contributed by atoms with E-state index in [4.69, 9.17) is 26.6 Å². The molecule has 0 unspecified atom stereocenters. The number of aliphatic carboxylic acids is 1. The van der Waals surface area contributed by atoms with E-state index in [-0.39, 0.29) is 17.7 Å². The normalized spacial score (nSPS) is 17.6. The smallest absolute Gasteiger partial charge is 0.475 e. The number of piperidine rings is 1. The predicted octanol–water partition coefficient (Wildman–Crippen LogP) is 7.32. The molecule has 210 valence electrons. The molecule has 1 fully saturated rings. The summed E-state index contributed by atoms with van der Waals surface area (Å²) in [6.45, 7) is 2.98. The third-order valence-electron chi connectivity index (χ3n) is 6.93. The lowest BCUT2D eigenvalue weighted by Gasteiger charge is -2.38. The molecular weight excluding hydrogens is 546 g/mol. The zero-order chi connectivity index (χ0) is 28.7. The van der Waals surface area contributed by atoms with Crippen LogP contribution in [0.1, 0.15) is 35.1 Å². The molecule has 2 heterocycles. The van der Waals surface area contributed by atoms with E-state index >= 15 is 0 Å². The van der Waals surface area contributed by atoms with Crippen LogP contribution in [-0.4, -0.2) is 52.0 Å². The van der Waals surface area contributed by atoms with E-state index in [2.05, 4.69) is 46.4 Å². The van der Waals surface area contributed by atoms with Gasteiger partial charge in [0.1, 0.15) is 5.82 Å². The highest BCUT2D eigenvalue weighted by atomic mass is 35.5. The fraction of sp³-hybridized carbons (Fsp3) is 0.267. The Labute approximate surface area is 234 Å². The lowest BCUT2D eigenvalue weighted by Crippen LogP contribution is -2.39. The second-order valence-corrected chi connectivity index (χ2v) is 10.0. The van der Waals surface area contributed by atoms with E-state index in [0.717, 1.165) is 54.4 Å². The number of alkyl halides is 3. The van der Waals surface area contributed by atoms with Gasteiger partial charge in [0.2, 0.25) is 0 Å². The molecule has 1 aliphatic rings. The lowest BCUT2D eigenvalue weighted by molar-refractivity contribution is -0.192. The number of likely N-dealkylation sites (tertiary alicyclic amines) is 1. The number of carboxylic acid groups (broad SMARTS) is 1. The highest BCUT2D eigenvalue weighted by Crippen LogP contribution is 2.40. The molecule has 40 heavy (non-hydrogen) atoms. The number of rotatable bonds is 6. The molecule has 0 radical (unpaired) electrons. The Hall–Kier alpha value is -3.69. The summed E-state index contributed by atoms with van der Waals surface area (Å²) in [7, 11) is 0. The minimum atomic E-state index is -5.08. The van der Waals surface area contributed by atoms with Crippen LogP contribution in [0.5, 0.6) is 0 Å². The summed E-state index contributed by atoms with van der Waals surface area (Å²) in [6.07, 6.45) is -3.04. The standard InChI is InChI=1S/C28H27ClFN3.C2HF3O2/c29-23-10-6-22(7-11-23)27-18-28(32-31-27)25-15-17-33(16-14-20-4-2-1-3-5-20)19-26(25)21-8-12-24(30)13-9-21;3-2(4,5)1(6)7/h1-13,18,25-26H,14-17,19H2,(H,31,32);(H,6,7)/t25-,26+;/m0./s1. The van der Waals surface area contributed by atoms with Crippen molar-refractivity contribution in [2.24, 2.45) is 0 Å². The Morgan fingerprint density at radius 3 is 2.27 bits per heavy atom. The fourth-order valence-corrected chi connectivity index (χ4v) is 4.99. The molecule has 0 aliphatic carbocycles. The monoisotopic (exact) mass is 573 g/mol. The zero-order valence-corrected chi connectivity index (χ0v) is 22.2. The van der Waals surface area contributed by atoms with Crippen molar-refractivity contribution >= 4 is 17.6 Å². The van der Waals surface area contributed by atoms with Gasteiger partial charge in [0, 0.05) is 29.9 Å². The number of benzene rings is 3. The first-order valence-corrected chi connectivity index (χ1v) is 13.1. The maximum atomic E-state index is 13.6. The summed E-state index contributed by atoms with van der Waals surface area (Å²) in [5.74, 6) is -2.42. The number of carboxylic acids is 1. The molecule has 2 atom stereocenters. The van der Waals surface area contributed by atoms with Crippen molar-refractivity contribution < 1.29 is 27.5 Å². The van der Waals surface area contributed by atoms with Gasteiger partial charge in [0.25, 0.3) is 0 Å². The van der Waals surface area contributed by atoms with Gasteiger partial charge in [-0.2, -0.15) is 18.3 Å². The Bertz CT molecular complexity index is 1380. The molecule has 0 amide bonds. The number of aromatic amines is 1. The molecule has 5 rings (SSSR count). The number of nitrogens with one attached hydrogen (secondary N) is 1. The lowest BCUT2D eigenvalue weighted by atomic mass is 9.78.